The summed E-state index contributed by atoms with van der Waals surface area (Å²) in [6.45, 7) is 6.18. The van der Waals surface area contributed by atoms with E-state index in [0.717, 1.165) is 31.5 Å². The first-order chi connectivity index (χ1) is 15.5. The predicted octanol–water partition coefficient (Wildman–Crippen LogP) is 3.21. The zero-order valence-electron chi connectivity index (χ0n) is 19.2. The molecule has 0 spiro atoms. The van der Waals surface area contributed by atoms with E-state index in [1.54, 1.807) is 24.4 Å². The second-order valence-corrected chi connectivity index (χ2v) is 7.12. The molecule has 0 heterocycles. The molecule has 0 fully saturated rings. The Morgan fingerprint density at radius 1 is 0.969 bits per heavy atom. The van der Waals surface area contributed by atoms with Crippen molar-refractivity contribution < 1.29 is 19.1 Å². The number of ether oxygens (including phenoxy) is 2. The number of amides is 2. The van der Waals surface area contributed by atoms with E-state index in [2.05, 4.69) is 46.7 Å². The second-order valence-electron chi connectivity index (χ2n) is 7.12. The summed E-state index contributed by atoms with van der Waals surface area (Å²) in [7, 11) is 3.01. The van der Waals surface area contributed by atoms with Crippen LogP contribution in [-0.4, -0.2) is 51.9 Å². The van der Waals surface area contributed by atoms with Gasteiger partial charge in [0.15, 0.2) is 11.5 Å². The number of hydrogen-bond acceptors (Lipinski definition) is 6. The number of hydrazone groups is 1. The minimum absolute atomic E-state index is 0.202. The summed E-state index contributed by atoms with van der Waals surface area (Å²) in [5.74, 6) is 0.133. The van der Waals surface area contributed by atoms with Crippen molar-refractivity contribution in [2.45, 2.75) is 26.7 Å². The largest absolute Gasteiger partial charge is 0.493 e. The van der Waals surface area contributed by atoms with Crippen LogP contribution in [0.4, 0.5) is 5.69 Å². The summed E-state index contributed by atoms with van der Waals surface area (Å²) >= 11 is 0. The maximum atomic E-state index is 12.3. The van der Waals surface area contributed by atoms with Crippen molar-refractivity contribution in [3.05, 3.63) is 53.6 Å². The Labute approximate surface area is 189 Å². The number of benzene rings is 2. The van der Waals surface area contributed by atoms with Crippen LogP contribution in [0.15, 0.2) is 47.6 Å². The van der Waals surface area contributed by atoms with E-state index in [-0.39, 0.29) is 6.54 Å². The molecule has 0 aliphatic heterocycles. The molecule has 0 saturated heterocycles. The van der Waals surface area contributed by atoms with E-state index in [4.69, 9.17) is 9.47 Å². The van der Waals surface area contributed by atoms with Gasteiger partial charge in [-0.3, -0.25) is 9.59 Å². The SMILES string of the molecule is CCCN(CCC)c1ccc(C=NNC(=O)CNC(=O)c2ccc(OC)c(OC)c2)cc1. The monoisotopic (exact) mass is 440 g/mol. The van der Waals surface area contributed by atoms with E-state index in [1.165, 1.54) is 19.9 Å². The molecular formula is C24H32N4O4. The van der Waals surface area contributed by atoms with Gasteiger partial charge in [0.2, 0.25) is 0 Å². The summed E-state index contributed by atoms with van der Waals surface area (Å²) in [5, 5.41) is 6.52. The van der Waals surface area contributed by atoms with E-state index in [1.807, 2.05) is 12.1 Å². The fourth-order valence-electron chi connectivity index (χ4n) is 3.14. The zero-order chi connectivity index (χ0) is 23.3. The number of carbonyl (C=O) groups is 2. The molecule has 172 valence electrons. The maximum Gasteiger partial charge on any atom is 0.259 e. The summed E-state index contributed by atoms with van der Waals surface area (Å²) in [6, 6.07) is 12.8. The number of rotatable bonds is 12. The van der Waals surface area contributed by atoms with Crippen molar-refractivity contribution in [1.29, 1.82) is 0 Å². The molecule has 32 heavy (non-hydrogen) atoms. The van der Waals surface area contributed by atoms with Crippen LogP contribution in [0.3, 0.4) is 0 Å². The average molecular weight is 441 g/mol. The standard InChI is InChI=1S/C24H32N4O4/c1-5-13-28(14-6-2)20-10-7-18(8-11-20)16-26-27-23(29)17-25-24(30)19-9-12-21(31-3)22(15-19)32-4/h7-12,15-16H,5-6,13-14,17H2,1-4H3,(H,25,30)(H,27,29). The van der Waals surface area contributed by atoms with Crippen LogP contribution in [0.25, 0.3) is 0 Å². The van der Waals surface area contributed by atoms with Crippen LogP contribution in [0.1, 0.15) is 42.6 Å². The van der Waals surface area contributed by atoms with Gasteiger partial charge in [-0.2, -0.15) is 5.10 Å². The maximum absolute atomic E-state index is 12.3. The first kappa shape index (κ1) is 24.7. The first-order valence-corrected chi connectivity index (χ1v) is 10.7. The highest BCUT2D eigenvalue weighted by atomic mass is 16.5. The number of anilines is 1. The summed E-state index contributed by atoms with van der Waals surface area (Å²) < 4.78 is 10.3. The number of nitrogens with zero attached hydrogens (tertiary/aromatic N) is 2. The van der Waals surface area contributed by atoms with Crippen LogP contribution in [0.5, 0.6) is 11.5 Å². The van der Waals surface area contributed by atoms with Crippen LogP contribution >= 0.6 is 0 Å². The normalized spacial score (nSPS) is 10.6. The third kappa shape index (κ3) is 7.30. The van der Waals surface area contributed by atoms with Crippen LogP contribution in [0, 0.1) is 0 Å². The van der Waals surface area contributed by atoms with Gasteiger partial charge in [0.05, 0.1) is 27.0 Å². The molecule has 0 aliphatic rings. The molecule has 0 unspecified atom stereocenters. The Kier molecular flexibility index (Phi) is 10.0. The predicted molar refractivity (Wildman–Crippen MR) is 127 cm³/mol. The number of methoxy groups -OCH3 is 2. The van der Waals surface area contributed by atoms with Gasteiger partial charge < -0.3 is 19.7 Å². The Morgan fingerprint density at radius 3 is 2.22 bits per heavy atom. The summed E-state index contributed by atoms with van der Waals surface area (Å²) in [5.41, 5.74) is 4.82. The molecule has 0 bridgehead atoms. The fraction of sp³-hybridized carbons (Fsp3) is 0.375. The van der Waals surface area contributed by atoms with Crippen molar-refractivity contribution in [1.82, 2.24) is 10.7 Å². The Morgan fingerprint density at radius 2 is 1.62 bits per heavy atom. The van der Waals surface area contributed by atoms with E-state index in [0.29, 0.717) is 17.1 Å². The number of nitrogens with one attached hydrogen (secondary N) is 2. The summed E-state index contributed by atoms with van der Waals surface area (Å²) in [4.78, 5) is 26.6. The van der Waals surface area contributed by atoms with Crippen molar-refractivity contribution >= 4 is 23.7 Å². The van der Waals surface area contributed by atoms with Crippen molar-refractivity contribution in [3.63, 3.8) is 0 Å². The van der Waals surface area contributed by atoms with Gasteiger partial charge in [-0.1, -0.05) is 26.0 Å². The van der Waals surface area contributed by atoms with E-state index < -0.39 is 11.8 Å². The zero-order valence-corrected chi connectivity index (χ0v) is 19.2. The lowest BCUT2D eigenvalue weighted by atomic mass is 10.2. The molecule has 2 rings (SSSR count). The van der Waals surface area contributed by atoms with Crippen molar-refractivity contribution in [3.8, 4) is 11.5 Å². The third-order valence-corrected chi connectivity index (χ3v) is 4.70. The van der Waals surface area contributed by atoms with E-state index >= 15 is 0 Å². The highest BCUT2D eigenvalue weighted by molar-refractivity contribution is 5.97. The van der Waals surface area contributed by atoms with Crippen LogP contribution in [0.2, 0.25) is 0 Å². The van der Waals surface area contributed by atoms with Crippen LogP contribution in [-0.2, 0) is 4.79 Å². The lowest BCUT2D eigenvalue weighted by Crippen LogP contribution is -2.34. The molecule has 0 atom stereocenters. The molecule has 0 aromatic heterocycles. The van der Waals surface area contributed by atoms with E-state index in [9.17, 15) is 9.59 Å². The molecule has 2 amide bonds. The van der Waals surface area contributed by atoms with Gasteiger partial charge in [0, 0.05) is 24.3 Å². The molecule has 8 heteroatoms. The minimum atomic E-state index is -0.427. The van der Waals surface area contributed by atoms with Gasteiger partial charge in [-0.25, -0.2) is 5.43 Å². The van der Waals surface area contributed by atoms with Gasteiger partial charge >= 0.3 is 0 Å². The molecule has 8 nitrogen and oxygen atoms in total. The van der Waals surface area contributed by atoms with Gasteiger partial charge in [0.1, 0.15) is 0 Å². The molecule has 2 aromatic rings. The smallest absolute Gasteiger partial charge is 0.259 e. The Hall–Kier alpha value is -3.55. The lowest BCUT2D eigenvalue weighted by Gasteiger charge is -2.23. The number of carbonyl (C=O) groups excluding carboxylic acids is 2. The highest BCUT2D eigenvalue weighted by Gasteiger charge is 2.11. The molecule has 0 aliphatic carbocycles. The quantitative estimate of drug-likeness (QED) is 0.391. The highest BCUT2D eigenvalue weighted by Crippen LogP contribution is 2.27. The minimum Gasteiger partial charge on any atom is -0.493 e. The molecular weight excluding hydrogens is 408 g/mol. The summed E-state index contributed by atoms with van der Waals surface area (Å²) in [6.07, 6.45) is 3.76. The van der Waals surface area contributed by atoms with Crippen LogP contribution < -0.4 is 25.1 Å². The first-order valence-electron chi connectivity index (χ1n) is 10.7. The van der Waals surface area contributed by atoms with Gasteiger partial charge in [0.25, 0.3) is 11.8 Å². The molecule has 2 aromatic carbocycles. The van der Waals surface area contributed by atoms with Crippen molar-refractivity contribution in [2.24, 2.45) is 5.10 Å². The van der Waals surface area contributed by atoms with Gasteiger partial charge in [-0.15, -0.1) is 0 Å². The average Bonchev–Trinajstić information content (AvgIpc) is 2.82. The Balaban J connectivity index is 1.84. The second kappa shape index (κ2) is 13.0. The molecule has 0 saturated carbocycles. The van der Waals surface area contributed by atoms with Crippen molar-refractivity contribution in [2.75, 3.05) is 38.8 Å². The van der Waals surface area contributed by atoms with Gasteiger partial charge in [-0.05, 0) is 48.7 Å². The lowest BCUT2D eigenvalue weighted by molar-refractivity contribution is -0.120. The fourth-order valence-corrected chi connectivity index (χ4v) is 3.14. The third-order valence-electron chi connectivity index (χ3n) is 4.70. The Bertz CT molecular complexity index is 907. The molecule has 0 radical (unpaired) electrons. The topological polar surface area (TPSA) is 92.3 Å². The number of hydrogen-bond donors (Lipinski definition) is 2. The molecule has 2 N–H and O–H groups in total.